The van der Waals surface area contributed by atoms with Crippen molar-refractivity contribution < 1.29 is 4.42 Å². The molecule has 0 spiro atoms. The lowest BCUT2D eigenvalue weighted by Gasteiger charge is -2.10. The molecule has 6 aromatic carbocycles. The number of aromatic nitrogens is 2. The zero-order valence-corrected chi connectivity index (χ0v) is 22.8. The van der Waals surface area contributed by atoms with Gasteiger partial charge in [0.25, 0.3) is 0 Å². The zero-order valence-electron chi connectivity index (χ0n) is 22.8. The molecular formula is C38H26N2O. The van der Waals surface area contributed by atoms with Crippen LogP contribution in [0.15, 0.2) is 126 Å². The number of para-hydroxylation sites is 2. The molecule has 9 rings (SSSR count). The minimum Gasteiger partial charge on any atom is -0.456 e. The zero-order chi connectivity index (χ0) is 27.2. The fraction of sp³-hybridized carbons (Fsp3) is 0.0526. The molecule has 0 bridgehead atoms. The summed E-state index contributed by atoms with van der Waals surface area (Å²) in [6.07, 6.45) is 0. The fourth-order valence-corrected chi connectivity index (χ4v) is 6.76. The van der Waals surface area contributed by atoms with E-state index in [2.05, 4.69) is 132 Å². The number of furan rings is 1. The Hall–Kier alpha value is -5.28. The molecule has 0 radical (unpaired) electrons. The molecule has 0 saturated heterocycles. The summed E-state index contributed by atoms with van der Waals surface area (Å²) < 4.78 is 10.9. The Kier molecular flexibility index (Phi) is 4.46. The third kappa shape index (κ3) is 3.14. The van der Waals surface area contributed by atoms with Gasteiger partial charge in [-0.2, -0.15) is 0 Å². The summed E-state index contributed by atoms with van der Waals surface area (Å²) in [6, 6.07) is 44.0. The Morgan fingerprint density at radius 3 is 1.61 bits per heavy atom. The van der Waals surface area contributed by atoms with Crippen molar-refractivity contribution in [3.8, 4) is 11.4 Å². The van der Waals surface area contributed by atoms with Gasteiger partial charge in [-0.05, 0) is 86.6 Å². The molecule has 0 saturated carbocycles. The highest BCUT2D eigenvalue weighted by molar-refractivity contribution is 6.13. The standard InChI is InChI=1S/C38H26N2O/c1-23-11-15-34-29(19-23)27-7-3-5-9-33(27)39(34)25-13-17-36-31(21-25)30-20-24(2)12-16-35(30)40(36)26-14-18-38-32(22-26)28-8-4-6-10-37(28)41-38/h3-22H,1-2H3. The third-order valence-electron chi connectivity index (χ3n) is 8.61. The summed E-state index contributed by atoms with van der Waals surface area (Å²) in [7, 11) is 0. The first-order valence-corrected chi connectivity index (χ1v) is 14.1. The highest BCUT2D eigenvalue weighted by Gasteiger charge is 2.17. The van der Waals surface area contributed by atoms with Crippen LogP contribution in [0.1, 0.15) is 11.1 Å². The van der Waals surface area contributed by atoms with Gasteiger partial charge in [-0.1, -0.05) is 59.7 Å². The first-order valence-electron chi connectivity index (χ1n) is 14.1. The van der Waals surface area contributed by atoms with Crippen LogP contribution in [0.5, 0.6) is 0 Å². The van der Waals surface area contributed by atoms with Gasteiger partial charge in [0.1, 0.15) is 11.2 Å². The molecule has 0 fully saturated rings. The molecule has 0 aliphatic heterocycles. The predicted molar refractivity (Wildman–Crippen MR) is 172 cm³/mol. The summed E-state index contributed by atoms with van der Waals surface area (Å²) in [6.45, 7) is 4.34. The van der Waals surface area contributed by atoms with Gasteiger partial charge in [-0.3, -0.25) is 0 Å². The van der Waals surface area contributed by atoms with Gasteiger partial charge in [0, 0.05) is 43.7 Å². The highest BCUT2D eigenvalue weighted by atomic mass is 16.3. The molecule has 9 aromatic rings. The summed E-state index contributed by atoms with van der Waals surface area (Å²) in [5.41, 5.74) is 11.5. The van der Waals surface area contributed by atoms with Crippen molar-refractivity contribution in [3.63, 3.8) is 0 Å². The number of hydrogen-bond acceptors (Lipinski definition) is 1. The van der Waals surface area contributed by atoms with Crippen LogP contribution >= 0.6 is 0 Å². The highest BCUT2D eigenvalue weighted by Crippen LogP contribution is 2.38. The van der Waals surface area contributed by atoms with E-state index in [1.54, 1.807) is 0 Å². The summed E-state index contributed by atoms with van der Waals surface area (Å²) >= 11 is 0. The molecule has 0 amide bonds. The maximum Gasteiger partial charge on any atom is 0.135 e. The molecule has 0 N–H and O–H groups in total. The second-order valence-corrected chi connectivity index (χ2v) is 11.2. The maximum absolute atomic E-state index is 6.14. The average Bonchev–Trinajstić information content (AvgIpc) is 3.64. The molecule has 0 aliphatic rings. The molecule has 0 atom stereocenters. The molecule has 3 nitrogen and oxygen atoms in total. The van der Waals surface area contributed by atoms with E-state index in [1.165, 1.54) is 60.4 Å². The SMILES string of the molecule is Cc1ccc2c(c1)c1ccccc1n2-c1ccc2c(c1)c1cc(C)ccc1n2-c1ccc2oc3ccccc3c2c1. The van der Waals surface area contributed by atoms with Crippen LogP contribution in [0.25, 0.3) is 76.9 Å². The van der Waals surface area contributed by atoms with Gasteiger partial charge in [0.05, 0.1) is 22.1 Å². The monoisotopic (exact) mass is 526 g/mol. The lowest BCUT2D eigenvalue weighted by atomic mass is 10.1. The van der Waals surface area contributed by atoms with Crippen LogP contribution in [0.4, 0.5) is 0 Å². The number of nitrogens with zero attached hydrogens (tertiary/aromatic N) is 2. The largest absolute Gasteiger partial charge is 0.456 e. The molecule has 3 aromatic heterocycles. The van der Waals surface area contributed by atoms with E-state index >= 15 is 0 Å². The quantitative estimate of drug-likeness (QED) is 0.220. The van der Waals surface area contributed by atoms with E-state index < -0.39 is 0 Å². The van der Waals surface area contributed by atoms with Gasteiger partial charge in [0.15, 0.2) is 0 Å². The van der Waals surface area contributed by atoms with Gasteiger partial charge in [-0.15, -0.1) is 0 Å². The fourth-order valence-electron chi connectivity index (χ4n) is 6.76. The molecule has 0 aliphatic carbocycles. The van der Waals surface area contributed by atoms with E-state index in [0.717, 1.165) is 27.6 Å². The Labute approximate surface area is 236 Å². The number of rotatable bonds is 2. The first-order chi connectivity index (χ1) is 20.1. The molecular weight excluding hydrogens is 500 g/mol. The average molecular weight is 527 g/mol. The van der Waals surface area contributed by atoms with Crippen LogP contribution in [0.3, 0.4) is 0 Å². The van der Waals surface area contributed by atoms with E-state index in [1.807, 2.05) is 12.1 Å². The van der Waals surface area contributed by atoms with E-state index in [9.17, 15) is 0 Å². The minimum absolute atomic E-state index is 0.912. The Morgan fingerprint density at radius 2 is 0.878 bits per heavy atom. The number of hydrogen-bond donors (Lipinski definition) is 0. The Balaban J connectivity index is 1.35. The molecule has 3 heterocycles. The van der Waals surface area contributed by atoms with Gasteiger partial charge in [-0.25, -0.2) is 0 Å². The lowest BCUT2D eigenvalue weighted by molar-refractivity contribution is 0.669. The van der Waals surface area contributed by atoms with Crippen molar-refractivity contribution >= 4 is 65.6 Å². The Morgan fingerprint density at radius 1 is 0.390 bits per heavy atom. The van der Waals surface area contributed by atoms with Crippen molar-refractivity contribution in [1.82, 2.24) is 9.13 Å². The summed E-state index contributed by atoms with van der Waals surface area (Å²) in [5.74, 6) is 0. The number of aryl methyl sites for hydroxylation is 2. The van der Waals surface area contributed by atoms with Crippen LogP contribution < -0.4 is 0 Å². The van der Waals surface area contributed by atoms with Crippen LogP contribution in [-0.2, 0) is 0 Å². The minimum atomic E-state index is 0.912. The van der Waals surface area contributed by atoms with Gasteiger partial charge >= 0.3 is 0 Å². The summed E-state index contributed by atoms with van der Waals surface area (Å²) in [4.78, 5) is 0. The smallest absolute Gasteiger partial charge is 0.135 e. The van der Waals surface area contributed by atoms with E-state index in [-0.39, 0.29) is 0 Å². The van der Waals surface area contributed by atoms with Crippen molar-refractivity contribution in [1.29, 1.82) is 0 Å². The van der Waals surface area contributed by atoms with Gasteiger partial charge < -0.3 is 13.6 Å². The summed E-state index contributed by atoms with van der Waals surface area (Å²) in [5, 5.41) is 7.36. The number of benzene rings is 6. The van der Waals surface area contributed by atoms with Crippen molar-refractivity contribution in [2.24, 2.45) is 0 Å². The Bertz CT molecular complexity index is 2500. The third-order valence-corrected chi connectivity index (χ3v) is 8.61. The van der Waals surface area contributed by atoms with Crippen LogP contribution in [-0.4, -0.2) is 9.13 Å². The molecule has 41 heavy (non-hydrogen) atoms. The predicted octanol–water partition coefficient (Wildman–Crippen LogP) is 10.4. The second-order valence-electron chi connectivity index (χ2n) is 11.2. The van der Waals surface area contributed by atoms with Crippen molar-refractivity contribution in [2.75, 3.05) is 0 Å². The lowest BCUT2D eigenvalue weighted by Crippen LogP contribution is -1.95. The topological polar surface area (TPSA) is 23.0 Å². The van der Waals surface area contributed by atoms with Crippen molar-refractivity contribution in [2.45, 2.75) is 13.8 Å². The molecule has 0 unspecified atom stereocenters. The maximum atomic E-state index is 6.14. The van der Waals surface area contributed by atoms with E-state index in [4.69, 9.17) is 4.42 Å². The van der Waals surface area contributed by atoms with Crippen LogP contribution in [0.2, 0.25) is 0 Å². The van der Waals surface area contributed by atoms with E-state index in [0.29, 0.717) is 0 Å². The second kappa shape index (κ2) is 8.12. The van der Waals surface area contributed by atoms with Crippen LogP contribution in [0, 0.1) is 13.8 Å². The van der Waals surface area contributed by atoms with Crippen molar-refractivity contribution in [3.05, 3.63) is 132 Å². The van der Waals surface area contributed by atoms with Gasteiger partial charge in [0.2, 0.25) is 0 Å². The molecule has 194 valence electrons. The number of fused-ring (bicyclic) bond motifs is 9. The normalized spacial score (nSPS) is 12.1. The first kappa shape index (κ1) is 22.5. The molecule has 3 heteroatoms.